The summed E-state index contributed by atoms with van der Waals surface area (Å²) in [5.41, 5.74) is 4.87. The van der Waals surface area contributed by atoms with Gasteiger partial charge < -0.3 is 9.47 Å². The smallest absolute Gasteiger partial charge is 0.204 e. The van der Waals surface area contributed by atoms with Crippen LogP contribution in [0.1, 0.15) is 25.8 Å². The van der Waals surface area contributed by atoms with Crippen molar-refractivity contribution in [3.8, 4) is 11.5 Å². The molecule has 1 N–H and O–H groups in total. The first-order valence-corrected chi connectivity index (χ1v) is 9.00. The van der Waals surface area contributed by atoms with Gasteiger partial charge in [-0.2, -0.15) is 5.10 Å². The van der Waals surface area contributed by atoms with Crippen LogP contribution in [0.4, 0.5) is 5.13 Å². The number of rotatable bonds is 7. The van der Waals surface area contributed by atoms with Crippen LogP contribution in [0, 0.1) is 0 Å². The van der Waals surface area contributed by atoms with Crippen LogP contribution in [-0.4, -0.2) is 24.4 Å². The molecule has 1 aromatic heterocycles. The second kappa shape index (κ2) is 7.98. The normalized spacial score (nSPS) is 12.4. The molecule has 3 rings (SSSR count). The predicted octanol–water partition coefficient (Wildman–Crippen LogP) is 4.93. The molecule has 0 saturated carbocycles. The van der Waals surface area contributed by atoms with Gasteiger partial charge in [0.15, 0.2) is 11.5 Å². The van der Waals surface area contributed by atoms with Crippen molar-refractivity contribution >= 4 is 32.9 Å². The first kappa shape index (κ1) is 17.2. The van der Waals surface area contributed by atoms with Crippen LogP contribution in [0.15, 0.2) is 47.6 Å². The number of thiazole rings is 1. The minimum atomic E-state index is 0.147. The second-order valence-electron chi connectivity index (χ2n) is 5.60. The average Bonchev–Trinajstić information content (AvgIpc) is 3.05. The number of methoxy groups -OCH3 is 1. The van der Waals surface area contributed by atoms with Gasteiger partial charge in [0, 0.05) is 0 Å². The Morgan fingerprint density at radius 3 is 2.84 bits per heavy atom. The van der Waals surface area contributed by atoms with E-state index in [0.717, 1.165) is 33.1 Å². The van der Waals surface area contributed by atoms with E-state index in [1.54, 1.807) is 24.7 Å². The van der Waals surface area contributed by atoms with E-state index in [0.29, 0.717) is 5.75 Å². The van der Waals surface area contributed by atoms with Crippen LogP contribution in [0.2, 0.25) is 0 Å². The summed E-state index contributed by atoms with van der Waals surface area (Å²) in [5.74, 6) is 1.44. The highest BCUT2D eigenvalue weighted by atomic mass is 32.1. The molecule has 0 fully saturated rings. The fraction of sp³-hybridized carbons (Fsp3) is 0.263. The third-order valence-corrected chi connectivity index (χ3v) is 4.70. The summed E-state index contributed by atoms with van der Waals surface area (Å²) in [7, 11) is 1.64. The molecule has 0 bridgehead atoms. The number of hydrogen-bond acceptors (Lipinski definition) is 6. The third-order valence-electron chi connectivity index (χ3n) is 3.76. The van der Waals surface area contributed by atoms with E-state index in [-0.39, 0.29) is 6.10 Å². The molecule has 1 unspecified atom stereocenters. The van der Waals surface area contributed by atoms with Crippen LogP contribution in [0.25, 0.3) is 10.2 Å². The average molecular weight is 355 g/mol. The molecule has 130 valence electrons. The SMILES string of the molecule is CCC(C)Oc1ccc(/C=N/Nc2nc3ccccc3s2)cc1OC. The summed E-state index contributed by atoms with van der Waals surface area (Å²) in [5, 5.41) is 5.03. The van der Waals surface area contributed by atoms with Gasteiger partial charge in [-0.1, -0.05) is 30.4 Å². The van der Waals surface area contributed by atoms with Gasteiger partial charge in [0.2, 0.25) is 5.13 Å². The number of ether oxygens (including phenoxy) is 2. The molecule has 25 heavy (non-hydrogen) atoms. The Kier molecular flexibility index (Phi) is 5.50. The molecule has 1 atom stereocenters. The van der Waals surface area contributed by atoms with Crippen LogP contribution in [-0.2, 0) is 0 Å². The molecule has 0 aliphatic heterocycles. The Hall–Kier alpha value is -2.60. The van der Waals surface area contributed by atoms with E-state index < -0.39 is 0 Å². The van der Waals surface area contributed by atoms with E-state index in [9.17, 15) is 0 Å². The monoisotopic (exact) mass is 355 g/mol. The number of aromatic nitrogens is 1. The van der Waals surface area contributed by atoms with Crippen molar-refractivity contribution in [3.05, 3.63) is 48.0 Å². The Bertz CT molecular complexity index is 843. The van der Waals surface area contributed by atoms with E-state index >= 15 is 0 Å². The zero-order valence-electron chi connectivity index (χ0n) is 14.5. The predicted molar refractivity (Wildman–Crippen MR) is 104 cm³/mol. The minimum absolute atomic E-state index is 0.147. The first-order chi connectivity index (χ1) is 12.2. The molecule has 2 aromatic carbocycles. The minimum Gasteiger partial charge on any atom is -0.493 e. The fourth-order valence-corrected chi connectivity index (χ4v) is 3.06. The number of hydrogen-bond donors (Lipinski definition) is 1. The largest absolute Gasteiger partial charge is 0.493 e. The lowest BCUT2D eigenvalue weighted by Crippen LogP contribution is -2.10. The second-order valence-corrected chi connectivity index (χ2v) is 6.63. The molecular weight excluding hydrogens is 334 g/mol. The summed E-state index contributed by atoms with van der Waals surface area (Å²) >= 11 is 1.57. The molecule has 6 heteroatoms. The molecule has 0 amide bonds. The van der Waals surface area contributed by atoms with E-state index in [4.69, 9.17) is 9.47 Å². The van der Waals surface area contributed by atoms with Gasteiger partial charge in [0.05, 0.1) is 29.6 Å². The van der Waals surface area contributed by atoms with Crippen molar-refractivity contribution in [2.24, 2.45) is 5.10 Å². The Balaban J connectivity index is 1.70. The van der Waals surface area contributed by atoms with E-state index in [2.05, 4.69) is 22.4 Å². The molecule has 3 aromatic rings. The van der Waals surface area contributed by atoms with Crippen molar-refractivity contribution in [2.45, 2.75) is 26.4 Å². The zero-order chi connectivity index (χ0) is 17.6. The summed E-state index contributed by atoms with van der Waals surface area (Å²) in [4.78, 5) is 4.48. The van der Waals surface area contributed by atoms with E-state index in [1.807, 2.05) is 49.4 Å². The molecule has 0 saturated heterocycles. The summed E-state index contributed by atoms with van der Waals surface area (Å²) in [6, 6.07) is 13.8. The Labute approximate surface area is 151 Å². The van der Waals surface area contributed by atoms with Gasteiger partial charge in [-0.05, 0) is 49.2 Å². The first-order valence-electron chi connectivity index (χ1n) is 8.19. The molecule has 0 aliphatic rings. The van der Waals surface area contributed by atoms with Crippen molar-refractivity contribution in [1.82, 2.24) is 4.98 Å². The summed E-state index contributed by atoms with van der Waals surface area (Å²) < 4.78 is 12.4. The standard InChI is InChI=1S/C19H21N3O2S/c1-4-13(2)24-16-10-9-14(11-17(16)23-3)12-20-22-19-21-15-7-5-6-8-18(15)25-19/h5-13H,4H2,1-3H3,(H,21,22)/b20-12+. The zero-order valence-corrected chi connectivity index (χ0v) is 15.3. The van der Waals surface area contributed by atoms with Gasteiger partial charge in [0.25, 0.3) is 0 Å². The third kappa shape index (κ3) is 4.28. The highest BCUT2D eigenvalue weighted by molar-refractivity contribution is 7.22. The maximum absolute atomic E-state index is 5.85. The van der Waals surface area contributed by atoms with Crippen molar-refractivity contribution in [2.75, 3.05) is 12.5 Å². The van der Waals surface area contributed by atoms with Crippen LogP contribution >= 0.6 is 11.3 Å². The Morgan fingerprint density at radius 2 is 2.08 bits per heavy atom. The number of fused-ring (bicyclic) bond motifs is 1. The van der Waals surface area contributed by atoms with Crippen molar-refractivity contribution in [1.29, 1.82) is 0 Å². The lowest BCUT2D eigenvalue weighted by atomic mass is 10.2. The Morgan fingerprint density at radius 1 is 1.24 bits per heavy atom. The van der Waals surface area contributed by atoms with Crippen LogP contribution in [0.3, 0.4) is 0 Å². The van der Waals surface area contributed by atoms with Gasteiger partial charge in [0.1, 0.15) is 0 Å². The van der Waals surface area contributed by atoms with Crippen LogP contribution < -0.4 is 14.9 Å². The number of benzene rings is 2. The van der Waals surface area contributed by atoms with Gasteiger partial charge in [-0.15, -0.1) is 0 Å². The van der Waals surface area contributed by atoms with Gasteiger partial charge in [-0.3, -0.25) is 5.43 Å². The van der Waals surface area contributed by atoms with Crippen LogP contribution in [0.5, 0.6) is 11.5 Å². The maximum Gasteiger partial charge on any atom is 0.204 e. The van der Waals surface area contributed by atoms with Crippen molar-refractivity contribution < 1.29 is 9.47 Å². The van der Waals surface area contributed by atoms with Gasteiger partial charge >= 0.3 is 0 Å². The fourth-order valence-electron chi connectivity index (χ4n) is 2.24. The molecule has 0 radical (unpaired) electrons. The molecular formula is C19H21N3O2S. The van der Waals surface area contributed by atoms with Crippen molar-refractivity contribution in [3.63, 3.8) is 0 Å². The maximum atomic E-state index is 5.85. The summed E-state index contributed by atoms with van der Waals surface area (Å²) in [6.07, 6.45) is 2.83. The number of nitrogens with zero attached hydrogens (tertiary/aromatic N) is 2. The van der Waals surface area contributed by atoms with E-state index in [1.165, 1.54) is 0 Å². The quantitative estimate of drug-likeness (QED) is 0.482. The number of nitrogens with one attached hydrogen (secondary N) is 1. The highest BCUT2D eigenvalue weighted by Gasteiger charge is 2.08. The molecule has 0 spiro atoms. The molecule has 0 aliphatic carbocycles. The number of para-hydroxylation sites is 1. The lowest BCUT2D eigenvalue weighted by molar-refractivity contribution is 0.207. The topological polar surface area (TPSA) is 55.7 Å². The number of hydrazone groups is 1. The summed E-state index contributed by atoms with van der Waals surface area (Å²) in [6.45, 7) is 4.13. The number of anilines is 1. The lowest BCUT2D eigenvalue weighted by Gasteiger charge is -2.15. The highest BCUT2D eigenvalue weighted by Crippen LogP contribution is 2.29. The molecule has 1 heterocycles. The molecule has 5 nitrogen and oxygen atoms in total. The van der Waals surface area contributed by atoms with Gasteiger partial charge in [-0.25, -0.2) is 4.98 Å².